The fourth-order valence-electron chi connectivity index (χ4n) is 4.92. The fourth-order valence-corrected chi connectivity index (χ4v) is 4.92. The molecule has 0 spiro atoms. The Bertz CT molecular complexity index is 1260. The van der Waals surface area contributed by atoms with Crippen LogP contribution in [0.15, 0.2) is 36.5 Å². The SMILES string of the molecule is Cc1cc(-c2nc(N3CCN(c4ncccc4C(F)(F)F)CC3)nc(N3CCCCC3C)n2)ccc1F. The van der Waals surface area contributed by atoms with Crippen molar-refractivity contribution in [3.05, 3.63) is 53.5 Å². The van der Waals surface area contributed by atoms with Crippen LogP contribution in [-0.4, -0.2) is 58.7 Å². The summed E-state index contributed by atoms with van der Waals surface area (Å²) < 4.78 is 54.5. The van der Waals surface area contributed by atoms with Crippen LogP contribution in [0.1, 0.15) is 37.3 Å². The second kappa shape index (κ2) is 10.1. The van der Waals surface area contributed by atoms with E-state index in [-0.39, 0.29) is 17.7 Å². The molecule has 5 rings (SSSR count). The molecule has 0 bridgehead atoms. The van der Waals surface area contributed by atoms with Gasteiger partial charge in [0.1, 0.15) is 11.6 Å². The highest BCUT2D eigenvalue weighted by Crippen LogP contribution is 2.35. The van der Waals surface area contributed by atoms with E-state index in [2.05, 4.69) is 16.8 Å². The number of rotatable bonds is 4. The molecule has 2 fully saturated rings. The molecule has 2 aliphatic heterocycles. The van der Waals surface area contributed by atoms with Gasteiger partial charge in [0.25, 0.3) is 0 Å². The predicted octanol–water partition coefficient (Wildman–Crippen LogP) is 5.11. The van der Waals surface area contributed by atoms with Gasteiger partial charge in [-0.15, -0.1) is 0 Å². The summed E-state index contributed by atoms with van der Waals surface area (Å²) in [6.45, 7) is 6.21. The zero-order valence-electron chi connectivity index (χ0n) is 20.8. The third-order valence-electron chi connectivity index (χ3n) is 7.04. The first-order chi connectivity index (χ1) is 17.7. The monoisotopic (exact) mass is 515 g/mol. The molecule has 4 heterocycles. The number of benzene rings is 1. The molecule has 2 saturated heterocycles. The number of hydrogen-bond acceptors (Lipinski definition) is 7. The summed E-state index contributed by atoms with van der Waals surface area (Å²) >= 11 is 0. The van der Waals surface area contributed by atoms with Crippen molar-refractivity contribution < 1.29 is 17.6 Å². The number of anilines is 3. The third kappa shape index (κ3) is 5.30. The number of halogens is 4. The van der Waals surface area contributed by atoms with Crippen LogP contribution in [0.4, 0.5) is 35.3 Å². The van der Waals surface area contributed by atoms with Crippen LogP contribution in [0.5, 0.6) is 0 Å². The van der Waals surface area contributed by atoms with Gasteiger partial charge < -0.3 is 14.7 Å². The molecule has 0 aliphatic carbocycles. The van der Waals surface area contributed by atoms with E-state index in [9.17, 15) is 17.6 Å². The number of aromatic nitrogens is 4. The van der Waals surface area contributed by atoms with Crippen molar-refractivity contribution in [3.8, 4) is 11.4 Å². The first kappa shape index (κ1) is 25.2. The molecule has 3 aromatic rings. The van der Waals surface area contributed by atoms with E-state index in [1.807, 2.05) is 4.90 Å². The first-order valence-electron chi connectivity index (χ1n) is 12.5. The number of nitrogens with zero attached hydrogens (tertiary/aromatic N) is 7. The second-order valence-corrected chi connectivity index (χ2v) is 9.61. The maximum Gasteiger partial charge on any atom is 0.419 e. The highest BCUT2D eigenvalue weighted by Gasteiger charge is 2.36. The second-order valence-electron chi connectivity index (χ2n) is 9.61. The summed E-state index contributed by atoms with van der Waals surface area (Å²) in [5.41, 5.74) is 0.450. The van der Waals surface area contributed by atoms with Gasteiger partial charge in [0, 0.05) is 50.5 Å². The quantitative estimate of drug-likeness (QED) is 0.448. The molecule has 0 amide bonds. The van der Waals surface area contributed by atoms with Crippen LogP contribution >= 0.6 is 0 Å². The molecule has 37 heavy (non-hydrogen) atoms. The van der Waals surface area contributed by atoms with E-state index in [4.69, 9.17) is 15.0 Å². The molecule has 7 nitrogen and oxygen atoms in total. The van der Waals surface area contributed by atoms with Gasteiger partial charge in [-0.1, -0.05) is 0 Å². The highest BCUT2D eigenvalue weighted by atomic mass is 19.4. The molecule has 1 aromatic carbocycles. The van der Waals surface area contributed by atoms with Crippen LogP contribution in [0.2, 0.25) is 0 Å². The van der Waals surface area contributed by atoms with E-state index < -0.39 is 11.7 Å². The maximum absolute atomic E-state index is 13.9. The molecule has 11 heteroatoms. The predicted molar refractivity (Wildman–Crippen MR) is 134 cm³/mol. The van der Waals surface area contributed by atoms with E-state index in [1.54, 1.807) is 24.0 Å². The van der Waals surface area contributed by atoms with Crippen LogP contribution < -0.4 is 14.7 Å². The highest BCUT2D eigenvalue weighted by molar-refractivity contribution is 5.60. The zero-order valence-corrected chi connectivity index (χ0v) is 20.8. The molecule has 0 N–H and O–H groups in total. The van der Waals surface area contributed by atoms with Crippen molar-refractivity contribution in [2.24, 2.45) is 0 Å². The third-order valence-corrected chi connectivity index (χ3v) is 7.04. The number of piperazine rings is 1. The zero-order chi connectivity index (χ0) is 26.2. The van der Waals surface area contributed by atoms with Crippen LogP contribution in [0.25, 0.3) is 11.4 Å². The summed E-state index contributed by atoms with van der Waals surface area (Å²) in [5.74, 6) is 1.13. The van der Waals surface area contributed by atoms with Crippen molar-refractivity contribution >= 4 is 17.7 Å². The Balaban J connectivity index is 1.44. The van der Waals surface area contributed by atoms with Crippen LogP contribution in [-0.2, 0) is 6.18 Å². The molecule has 1 unspecified atom stereocenters. The topological polar surface area (TPSA) is 61.3 Å². The van der Waals surface area contributed by atoms with Gasteiger partial charge in [-0.05, 0) is 69.0 Å². The Morgan fingerprint density at radius 3 is 2.32 bits per heavy atom. The van der Waals surface area contributed by atoms with Gasteiger partial charge in [-0.3, -0.25) is 0 Å². The summed E-state index contributed by atoms with van der Waals surface area (Å²) in [6, 6.07) is 7.41. The molecule has 1 atom stereocenters. The van der Waals surface area contributed by atoms with Gasteiger partial charge in [-0.2, -0.15) is 28.1 Å². The molecular weight excluding hydrogens is 486 g/mol. The number of pyridine rings is 1. The number of aryl methyl sites for hydroxylation is 1. The number of piperidine rings is 1. The summed E-state index contributed by atoms with van der Waals surface area (Å²) in [6.07, 6.45) is 0.134. The van der Waals surface area contributed by atoms with Gasteiger partial charge in [0.15, 0.2) is 5.82 Å². The Labute approximate surface area is 213 Å². The average molecular weight is 516 g/mol. The summed E-state index contributed by atoms with van der Waals surface area (Å²) in [7, 11) is 0. The van der Waals surface area contributed by atoms with Crippen LogP contribution in [0, 0.1) is 12.7 Å². The largest absolute Gasteiger partial charge is 0.419 e. The number of alkyl halides is 3. The molecule has 0 radical (unpaired) electrons. The summed E-state index contributed by atoms with van der Waals surface area (Å²) in [5, 5.41) is 0. The molecule has 196 valence electrons. The standard InChI is InChI=1S/C26H29F4N7/c1-17-16-19(8-9-21(17)27)22-32-24(34-25(33-22)37-11-4-3-6-18(37)2)36-14-12-35(13-15-36)23-20(26(28,29)30)7-5-10-31-23/h5,7-10,16,18H,3-4,6,11-15H2,1-2H3. The minimum atomic E-state index is -4.48. The number of hydrogen-bond donors (Lipinski definition) is 0. The lowest BCUT2D eigenvalue weighted by atomic mass is 10.0. The lowest BCUT2D eigenvalue weighted by molar-refractivity contribution is -0.137. The Morgan fingerprint density at radius 2 is 1.62 bits per heavy atom. The van der Waals surface area contributed by atoms with Crippen molar-refractivity contribution in [1.29, 1.82) is 0 Å². The van der Waals surface area contributed by atoms with Gasteiger partial charge in [-0.25, -0.2) is 9.37 Å². The lowest BCUT2D eigenvalue weighted by Crippen LogP contribution is -2.48. The Morgan fingerprint density at radius 1 is 0.892 bits per heavy atom. The van der Waals surface area contributed by atoms with E-state index >= 15 is 0 Å². The average Bonchev–Trinajstić information content (AvgIpc) is 2.90. The van der Waals surface area contributed by atoms with Gasteiger partial charge in [0.2, 0.25) is 11.9 Å². The fraction of sp³-hybridized carbons (Fsp3) is 0.462. The lowest BCUT2D eigenvalue weighted by Gasteiger charge is -2.37. The van der Waals surface area contributed by atoms with Gasteiger partial charge in [0.05, 0.1) is 5.56 Å². The molecule has 2 aliphatic rings. The molecular formula is C26H29F4N7. The summed E-state index contributed by atoms with van der Waals surface area (Å²) in [4.78, 5) is 24.1. The normalized spacial score (nSPS) is 18.9. The van der Waals surface area contributed by atoms with Gasteiger partial charge >= 0.3 is 6.18 Å². The maximum atomic E-state index is 13.9. The van der Waals surface area contributed by atoms with E-state index in [0.717, 1.165) is 31.9 Å². The van der Waals surface area contributed by atoms with Crippen molar-refractivity contribution in [2.45, 2.75) is 45.3 Å². The van der Waals surface area contributed by atoms with Crippen molar-refractivity contribution in [3.63, 3.8) is 0 Å². The minimum Gasteiger partial charge on any atom is -0.353 e. The van der Waals surface area contributed by atoms with E-state index in [0.29, 0.717) is 55.0 Å². The minimum absolute atomic E-state index is 0.0596. The Kier molecular flexibility index (Phi) is 6.87. The molecule has 2 aromatic heterocycles. The van der Waals surface area contributed by atoms with Crippen LogP contribution in [0.3, 0.4) is 0 Å². The Hall–Kier alpha value is -3.50. The first-order valence-corrected chi connectivity index (χ1v) is 12.5. The van der Waals surface area contributed by atoms with Crippen molar-refractivity contribution in [2.75, 3.05) is 47.4 Å². The smallest absolute Gasteiger partial charge is 0.353 e. The van der Waals surface area contributed by atoms with Crippen molar-refractivity contribution in [1.82, 2.24) is 19.9 Å². The molecule has 0 saturated carbocycles. The van der Waals surface area contributed by atoms with E-state index in [1.165, 1.54) is 18.3 Å².